The van der Waals surface area contributed by atoms with Crippen LogP contribution < -0.4 is 4.74 Å². The van der Waals surface area contributed by atoms with Gasteiger partial charge in [0.2, 0.25) is 0 Å². The second kappa shape index (κ2) is 5.44. The lowest BCUT2D eigenvalue weighted by Gasteiger charge is -2.07. The lowest BCUT2D eigenvalue weighted by atomic mass is 10.2. The number of ether oxygens (including phenoxy) is 1. The normalized spacial score (nSPS) is 10.3. The Kier molecular flexibility index (Phi) is 3.93. The first-order valence-electron chi connectivity index (χ1n) is 4.98. The molecule has 2 rings (SSSR count). The maximum atomic E-state index is 13.3. The molecule has 0 heterocycles. The molecule has 4 heteroatoms. The molecule has 0 unspecified atom stereocenters. The molecule has 0 N–H and O–H groups in total. The highest BCUT2D eigenvalue weighted by atomic mass is 127. The van der Waals surface area contributed by atoms with Crippen molar-refractivity contribution < 1.29 is 13.5 Å². The number of rotatable bonds is 3. The van der Waals surface area contributed by atoms with E-state index in [1.807, 2.05) is 18.2 Å². The molecule has 0 aromatic heterocycles. The number of halogens is 3. The molecule has 0 fully saturated rings. The Bertz CT molecular complexity index is 491. The maximum Gasteiger partial charge on any atom is 0.139 e. The zero-order valence-electron chi connectivity index (χ0n) is 8.79. The van der Waals surface area contributed by atoms with Crippen LogP contribution in [-0.4, -0.2) is 0 Å². The average molecular weight is 346 g/mol. The fourth-order valence-electron chi connectivity index (χ4n) is 1.37. The Morgan fingerprint density at radius 3 is 2.18 bits per heavy atom. The smallest absolute Gasteiger partial charge is 0.139 e. The van der Waals surface area contributed by atoms with Gasteiger partial charge in [0.25, 0.3) is 0 Å². The molecule has 0 aliphatic carbocycles. The van der Waals surface area contributed by atoms with Crippen LogP contribution in [-0.2, 0) is 6.61 Å². The Balaban J connectivity index is 2.10. The van der Waals surface area contributed by atoms with Crippen molar-refractivity contribution >= 4 is 22.6 Å². The molecule has 0 aliphatic heterocycles. The lowest BCUT2D eigenvalue weighted by molar-refractivity contribution is 0.304. The highest BCUT2D eigenvalue weighted by Gasteiger charge is 2.08. The Labute approximate surface area is 112 Å². The van der Waals surface area contributed by atoms with Crippen molar-refractivity contribution in [3.63, 3.8) is 0 Å². The van der Waals surface area contributed by atoms with Crippen LogP contribution in [0.2, 0.25) is 0 Å². The van der Waals surface area contributed by atoms with E-state index in [4.69, 9.17) is 4.74 Å². The lowest BCUT2D eigenvalue weighted by Crippen LogP contribution is -1.99. The van der Waals surface area contributed by atoms with Gasteiger partial charge in [0, 0.05) is 0 Å². The van der Waals surface area contributed by atoms with Crippen LogP contribution in [0.4, 0.5) is 8.78 Å². The molecule has 17 heavy (non-hydrogen) atoms. The minimum atomic E-state index is -0.558. The third kappa shape index (κ3) is 3.15. The summed E-state index contributed by atoms with van der Waals surface area (Å²) < 4.78 is 31.9. The minimum absolute atomic E-state index is 0.00561. The molecular formula is C13H9F2IO. The summed E-state index contributed by atoms with van der Waals surface area (Å²) in [7, 11) is 0. The van der Waals surface area contributed by atoms with Crippen molar-refractivity contribution in [2.24, 2.45) is 0 Å². The molecule has 0 radical (unpaired) electrons. The van der Waals surface area contributed by atoms with Crippen LogP contribution in [0.3, 0.4) is 0 Å². The molecule has 2 aromatic carbocycles. The van der Waals surface area contributed by atoms with Crippen molar-refractivity contribution in [2.45, 2.75) is 6.61 Å². The van der Waals surface area contributed by atoms with Gasteiger partial charge in [-0.05, 0) is 52.4 Å². The van der Waals surface area contributed by atoms with Crippen molar-refractivity contribution in [3.05, 3.63) is 63.2 Å². The highest BCUT2D eigenvalue weighted by Crippen LogP contribution is 2.19. The largest absolute Gasteiger partial charge is 0.489 e. The second-order valence-electron chi connectivity index (χ2n) is 3.48. The molecule has 88 valence electrons. The van der Waals surface area contributed by atoms with Gasteiger partial charge in [0.1, 0.15) is 24.0 Å². The van der Waals surface area contributed by atoms with E-state index in [2.05, 4.69) is 0 Å². The van der Waals surface area contributed by atoms with E-state index < -0.39 is 11.6 Å². The number of benzene rings is 2. The number of hydrogen-bond acceptors (Lipinski definition) is 1. The zero-order chi connectivity index (χ0) is 12.3. The third-order valence-corrected chi connectivity index (χ3v) is 3.22. The molecule has 0 spiro atoms. The van der Waals surface area contributed by atoms with Crippen molar-refractivity contribution in [2.75, 3.05) is 0 Å². The maximum absolute atomic E-state index is 13.3. The van der Waals surface area contributed by atoms with Crippen LogP contribution >= 0.6 is 22.6 Å². The summed E-state index contributed by atoms with van der Waals surface area (Å²) in [5.41, 5.74) is 0.476. The zero-order valence-corrected chi connectivity index (χ0v) is 10.9. The number of para-hydroxylation sites is 1. The predicted octanol–water partition coefficient (Wildman–Crippen LogP) is 4.15. The average Bonchev–Trinajstić information content (AvgIpc) is 2.34. The molecule has 0 saturated carbocycles. The Morgan fingerprint density at radius 1 is 1.00 bits per heavy atom. The summed E-state index contributed by atoms with van der Waals surface area (Å²) in [6, 6.07) is 11.7. The summed E-state index contributed by atoms with van der Waals surface area (Å²) in [6.07, 6.45) is 0. The van der Waals surface area contributed by atoms with E-state index in [1.54, 1.807) is 34.7 Å². The van der Waals surface area contributed by atoms with Crippen LogP contribution in [0.1, 0.15) is 5.56 Å². The molecule has 0 atom stereocenters. The van der Waals surface area contributed by atoms with Gasteiger partial charge in [-0.3, -0.25) is 0 Å². The molecule has 0 amide bonds. The third-order valence-electron chi connectivity index (χ3n) is 2.19. The molecule has 0 bridgehead atoms. The molecule has 2 aromatic rings. The van der Waals surface area contributed by atoms with Gasteiger partial charge in [0.15, 0.2) is 0 Å². The van der Waals surface area contributed by atoms with Crippen molar-refractivity contribution in [1.82, 2.24) is 0 Å². The van der Waals surface area contributed by atoms with E-state index >= 15 is 0 Å². The van der Waals surface area contributed by atoms with E-state index in [9.17, 15) is 8.78 Å². The Morgan fingerprint density at radius 2 is 1.59 bits per heavy atom. The highest BCUT2D eigenvalue weighted by molar-refractivity contribution is 14.1. The van der Waals surface area contributed by atoms with Crippen LogP contribution in [0, 0.1) is 15.2 Å². The van der Waals surface area contributed by atoms with Gasteiger partial charge in [-0.2, -0.15) is 0 Å². The second-order valence-corrected chi connectivity index (χ2v) is 4.55. The first-order valence-corrected chi connectivity index (χ1v) is 6.06. The molecule has 1 nitrogen and oxygen atoms in total. The van der Waals surface area contributed by atoms with Gasteiger partial charge in [0.05, 0.1) is 3.57 Å². The topological polar surface area (TPSA) is 9.23 Å². The predicted molar refractivity (Wildman–Crippen MR) is 69.8 cm³/mol. The fraction of sp³-hybridized carbons (Fsp3) is 0.0769. The minimum Gasteiger partial charge on any atom is -0.489 e. The monoisotopic (exact) mass is 346 g/mol. The Hall–Kier alpha value is -1.17. The van der Waals surface area contributed by atoms with Gasteiger partial charge in [-0.15, -0.1) is 0 Å². The van der Waals surface area contributed by atoms with E-state index in [1.165, 1.54) is 12.1 Å². The first-order chi connectivity index (χ1) is 8.16. The van der Waals surface area contributed by atoms with Gasteiger partial charge in [-0.25, -0.2) is 8.78 Å². The van der Waals surface area contributed by atoms with Gasteiger partial charge in [-0.1, -0.05) is 18.2 Å². The molecular weight excluding hydrogens is 337 g/mol. The van der Waals surface area contributed by atoms with E-state index in [0.717, 1.165) is 0 Å². The summed E-state index contributed by atoms with van der Waals surface area (Å²) in [4.78, 5) is 0. The SMILES string of the molecule is Fc1cc(COc2ccccc2)cc(F)c1I. The van der Waals surface area contributed by atoms with E-state index in [-0.39, 0.29) is 10.2 Å². The summed E-state index contributed by atoms with van der Waals surface area (Å²) in [5.74, 6) is -0.443. The number of hydrogen-bond donors (Lipinski definition) is 0. The standard InChI is InChI=1S/C13H9F2IO/c14-11-6-9(7-12(15)13(11)16)8-17-10-4-2-1-3-5-10/h1-7H,8H2. The summed E-state index contributed by atoms with van der Waals surface area (Å²) >= 11 is 1.63. The quantitative estimate of drug-likeness (QED) is 0.599. The summed E-state index contributed by atoms with van der Waals surface area (Å²) in [6.45, 7) is 0.148. The van der Waals surface area contributed by atoms with Gasteiger partial charge >= 0.3 is 0 Å². The molecule has 0 saturated heterocycles. The summed E-state index contributed by atoms with van der Waals surface area (Å²) in [5, 5.41) is 0. The van der Waals surface area contributed by atoms with E-state index in [0.29, 0.717) is 11.3 Å². The van der Waals surface area contributed by atoms with Gasteiger partial charge < -0.3 is 4.74 Å². The van der Waals surface area contributed by atoms with Crippen LogP contribution in [0.15, 0.2) is 42.5 Å². The van der Waals surface area contributed by atoms with Crippen LogP contribution in [0.5, 0.6) is 5.75 Å². The van der Waals surface area contributed by atoms with Crippen LogP contribution in [0.25, 0.3) is 0 Å². The fourth-order valence-corrected chi connectivity index (χ4v) is 1.69. The molecule has 0 aliphatic rings. The van der Waals surface area contributed by atoms with Crippen molar-refractivity contribution in [1.29, 1.82) is 0 Å². The first kappa shape index (κ1) is 12.3. The van der Waals surface area contributed by atoms with Crippen molar-refractivity contribution in [3.8, 4) is 5.75 Å².